The topological polar surface area (TPSA) is 54.0 Å². The molecule has 18 heavy (non-hydrogen) atoms. The van der Waals surface area contributed by atoms with Crippen LogP contribution in [0.4, 0.5) is 0 Å². The molecule has 1 unspecified atom stereocenters. The van der Waals surface area contributed by atoms with Crippen molar-refractivity contribution in [2.45, 2.75) is 19.4 Å². The van der Waals surface area contributed by atoms with E-state index < -0.39 is 0 Å². The van der Waals surface area contributed by atoms with Gasteiger partial charge in [0.1, 0.15) is 5.54 Å². The fourth-order valence-corrected chi connectivity index (χ4v) is 2.86. The van der Waals surface area contributed by atoms with E-state index in [2.05, 4.69) is 47.0 Å². The molecule has 1 aliphatic carbocycles. The Bertz CT molecular complexity index is 522. The molecule has 0 saturated heterocycles. The molecule has 0 aromatic rings. The summed E-state index contributed by atoms with van der Waals surface area (Å²) in [4.78, 5) is 11.5. The molecule has 3 rings (SSSR count). The fourth-order valence-electron chi connectivity index (χ4n) is 2.86. The maximum Gasteiger partial charge on any atom is 0.128 e. The minimum Gasteiger partial charge on any atom is -0.396 e. The molecule has 1 spiro atoms. The van der Waals surface area contributed by atoms with Gasteiger partial charge < -0.3 is 5.73 Å². The SMILES string of the molecule is CC(C)CN1CN=C2C(N)=CN=C3C=CC=CC321. The largest absolute Gasteiger partial charge is 0.396 e. The lowest BCUT2D eigenvalue weighted by molar-refractivity contribution is 0.234. The second-order valence-electron chi connectivity index (χ2n) is 5.35. The summed E-state index contributed by atoms with van der Waals surface area (Å²) in [7, 11) is 0. The van der Waals surface area contributed by atoms with Crippen molar-refractivity contribution in [1.29, 1.82) is 0 Å². The Morgan fingerprint density at radius 1 is 1.44 bits per heavy atom. The van der Waals surface area contributed by atoms with Gasteiger partial charge in [-0.25, -0.2) is 0 Å². The number of aliphatic imine (C=N–C) groups is 2. The molecule has 0 aromatic heterocycles. The molecule has 4 heteroatoms. The maximum absolute atomic E-state index is 6.05. The molecule has 2 aliphatic heterocycles. The van der Waals surface area contributed by atoms with Gasteiger partial charge in [-0.3, -0.25) is 14.9 Å². The van der Waals surface area contributed by atoms with E-state index in [1.54, 1.807) is 6.20 Å². The molecule has 0 bridgehead atoms. The summed E-state index contributed by atoms with van der Waals surface area (Å²) in [5.74, 6) is 0.585. The van der Waals surface area contributed by atoms with Crippen LogP contribution in [0.5, 0.6) is 0 Å². The molecule has 94 valence electrons. The monoisotopic (exact) mass is 242 g/mol. The standard InChI is InChI=1S/C14H18N4/c1-10(2)8-18-9-17-13-11(15)7-16-12-5-3-4-6-14(12,13)18/h3-7,10H,8-9,15H2,1-2H3. The van der Waals surface area contributed by atoms with Gasteiger partial charge in [0.15, 0.2) is 0 Å². The van der Waals surface area contributed by atoms with Gasteiger partial charge >= 0.3 is 0 Å². The van der Waals surface area contributed by atoms with Crippen molar-refractivity contribution < 1.29 is 0 Å². The zero-order chi connectivity index (χ0) is 12.8. The van der Waals surface area contributed by atoms with Crippen molar-refractivity contribution in [1.82, 2.24) is 4.90 Å². The average molecular weight is 242 g/mol. The molecule has 0 radical (unpaired) electrons. The molecule has 2 N–H and O–H groups in total. The third kappa shape index (κ3) is 1.42. The molecule has 0 amide bonds. The highest BCUT2D eigenvalue weighted by Gasteiger charge is 2.49. The van der Waals surface area contributed by atoms with Crippen molar-refractivity contribution in [2.24, 2.45) is 21.6 Å². The molecule has 1 atom stereocenters. The molecular weight excluding hydrogens is 224 g/mol. The Morgan fingerprint density at radius 3 is 3.06 bits per heavy atom. The van der Waals surface area contributed by atoms with Crippen LogP contribution in [0.25, 0.3) is 0 Å². The quantitative estimate of drug-likeness (QED) is 0.797. The first-order valence-electron chi connectivity index (χ1n) is 6.35. The molecule has 0 saturated carbocycles. The second kappa shape index (κ2) is 3.92. The Kier molecular flexibility index (Phi) is 2.48. The molecule has 4 nitrogen and oxygen atoms in total. The van der Waals surface area contributed by atoms with Gasteiger partial charge in [-0.1, -0.05) is 32.1 Å². The van der Waals surface area contributed by atoms with Crippen LogP contribution in [0.1, 0.15) is 13.8 Å². The predicted molar refractivity (Wildman–Crippen MR) is 74.6 cm³/mol. The van der Waals surface area contributed by atoms with Crippen LogP contribution in [-0.2, 0) is 0 Å². The zero-order valence-corrected chi connectivity index (χ0v) is 10.8. The minimum absolute atomic E-state index is 0.322. The highest BCUT2D eigenvalue weighted by atomic mass is 15.3. The van der Waals surface area contributed by atoms with E-state index in [9.17, 15) is 0 Å². The van der Waals surface area contributed by atoms with E-state index >= 15 is 0 Å². The van der Waals surface area contributed by atoms with Crippen LogP contribution in [0.15, 0.2) is 46.2 Å². The predicted octanol–water partition coefficient (Wildman–Crippen LogP) is 1.48. The van der Waals surface area contributed by atoms with Crippen LogP contribution in [-0.4, -0.2) is 35.1 Å². The van der Waals surface area contributed by atoms with E-state index in [0.717, 1.165) is 18.0 Å². The van der Waals surface area contributed by atoms with Gasteiger partial charge in [-0.2, -0.15) is 0 Å². The summed E-state index contributed by atoms with van der Waals surface area (Å²) >= 11 is 0. The fraction of sp³-hybridized carbons (Fsp3) is 0.429. The smallest absolute Gasteiger partial charge is 0.128 e. The summed E-state index contributed by atoms with van der Waals surface area (Å²) in [6, 6.07) is 0. The van der Waals surface area contributed by atoms with Gasteiger partial charge in [0, 0.05) is 6.54 Å². The third-order valence-corrected chi connectivity index (χ3v) is 3.55. The first-order chi connectivity index (χ1) is 8.64. The number of hydrogen-bond donors (Lipinski definition) is 1. The van der Waals surface area contributed by atoms with Gasteiger partial charge in [0.05, 0.1) is 30.0 Å². The van der Waals surface area contributed by atoms with Gasteiger partial charge in [0.2, 0.25) is 0 Å². The van der Waals surface area contributed by atoms with Crippen molar-refractivity contribution in [3.63, 3.8) is 0 Å². The normalized spacial score (nSPS) is 29.8. The number of nitrogens with two attached hydrogens (primary N) is 1. The highest BCUT2D eigenvalue weighted by molar-refractivity contribution is 6.29. The van der Waals surface area contributed by atoms with Crippen molar-refractivity contribution in [3.8, 4) is 0 Å². The highest BCUT2D eigenvalue weighted by Crippen LogP contribution is 2.34. The Morgan fingerprint density at radius 2 is 2.28 bits per heavy atom. The van der Waals surface area contributed by atoms with Crippen LogP contribution in [0, 0.1) is 5.92 Å². The lowest BCUT2D eigenvalue weighted by Gasteiger charge is -2.40. The van der Waals surface area contributed by atoms with E-state index in [4.69, 9.17) is 5.73 Å². The molecule has 2 heterocycles. The third-order valence-electron chi connectivity index (χ3n) is 3.55. The van der Waals surface area contributed by atoms with Crippen molar-refractivity contribution >= 4 is 11.4 Å². The van der Waals surface area contributed by atoms with Gasteiger partial charge in [-0.15, -0.1) is 0 Å². The zero-order valence-electron chi connectivity index (χ0n) is 10.8. The van der Waals surface area contributed by atoms with Crippen molar-refractivity contribution in [3.05, 3.63) is 36.2 Å². The molecule has 0 fully saturated rings. The Hall–Kier alpha value is -1.68. The number of hydrogen-bond acceptors (Lipinski definition) is 4. The van der Waals surface area contributed by atoms with Gasteiger partial charge in [-0.05, 0) is 12.0 Å². The number of nitrogens with zero attached hydrogens (tertiary/aromatic N) is 3. The number of rotatable bonds is 2. The molecule has 0 aromatic carbocycles. The second-order valence-corrected chi connectivity index (χ2v) is 5.35. The Balaban J connectivity index is 2.08. The summed E-state index contributed by atoms with van der Waals surface area (Å²) in [6.45, 7) is 6.11. The maximum atomic E-state index is 6.05. The van der Waals surface area contributed by atoms with E-state index in [-0.39, 0.29) is 5.54 Å². The lowest BCUT2D eigenvalue weighted by atomic mass is 9.80. The van der Waals surface area contributed by atoms with Crippen LogP contribution < -0.4 is 5.73 Å². The van der Waals surface area contributed by atoms with Gasteiger partial charge in [0.25, 0.3) is 0 Å². The Labute approximate surface area is 107 Å². The summed E-state index contributed by atoms with van der Waals surface area (Å²) < 4.78 is 0. The summed E-state index contributed by atoms with van der Waals surface area (Å²) in [5, 5.41) is 0. The summed E-state index contributed by atoms with van der Waals surface area (Å²) in [6.07, 6.45) is 10.0. The van der Waals surface area contributed by atoms with E-state index in [0.29, 0.717) is 18.3 Å². The first kappa shape index (κ1) is 11.4. The van der Waals surface area contributed by atoms with Crippen LogP contribution >= 0.6 is 0 Å². The van der Waals surface area contributed by atoms with Crippen molar-refractivity contribution in [2.75, 3.05) is 13.2 Å². The van der Waals surface area contributed by atoms with E-state index in [1.165, 1.54) is 0 Å². The minimum atomic E-state index is -0.322. The van der Waals surface area contributed by atoms with Crippen LogP contribution in [0.3, 0.4) is 0 Å². The molecule has 3 aliphatic rings. The average Bonchev–Trinajstić information content (AvgIpc) is 2.69. The molecular formula is C14H18N4. The van der Waals surface area contributed by atoms with E-state index in [1.807, 2.05) is 6.08 Å². The number of allylic oxidation sites excluding steroid dienone is 2. The van der Waals surface area contributed by atoms with Crippen LogP contribution in [0.2, 0.25) is 0 Å². The first-order valence-corrected chi connectivity index (χ1v) is 6.35. The lowest BCUT2D eigenvalue weighted by Crippen LogP contribution is -2.58. The summed E-state index contributed by atoms with van der Waals surface area (Å²) in [5.41, 5.74) is 8.39.